The fourth-order valence-corrected chi connectivity index (χ4v) is 1.38. The molecule has 1 aromatic rings. The molecule has 5 heteroatoms. The number of rotatable bonds is 7. The molecule has 5 nitrogen and oxygen atoms in total. The van der Waals surface area contributed by atoms with Crippen molar-refractivity contribution in [2.45, 2.75) is 6.92 Å². The van der Waals surface area contributed by atoms with Crippen molar-refractivity contribution in [3.63, 3.8) is 0 Å². The molecule has 102 valence electrons. The van der Waals surface area contributed by atoms with Gasteiger partial charge in [-0.15, -0.1) is 0 Å². The number of benzene rings is 1. The third-order valence-electron chi connectivity index (χ3n) is 2.25. The number of carboxylic acids is 1. The predicted octanol–water partition coefficient (Wildman–Crippen LogP) is 1.71. The largest absolute Gasteiger partial charge is 0.478 e. The van der Waals surface area contributed by atoms with E-state index in [4.69, 9.17) is 9.84 Å². The van der Waals surface area contributed by atoms with Crippen LogP contribution in [0.15, 0.2) is 36.4 Å². The molecule has 0 saturated carbocycles. The number of amides is 1. The Balaban J connectivity index is 2.43. The van der Waals surface area contributed by atoms with Gasteiger partial charge in [0.1, 0.15) is 0 Å². The third kappa shape index (κ3) is 5.35. The summed E-state index contributed by atoms with van der Waals surface area (Å²) < 4.78 is 5.23. The molecule has 0 heterocycles. The van der Waals surface area contributed by atoms with Gasteiger partial charge in [-0.1, -0.05) is 18.2 Å². The maximum atomic E-state index is 11.7. The first-order chi connectivity index (χ1) is 9.00. The second-order valence-corrected chi connectivity index (χ2v) is 4.15. The molecule has 19 heavy (non-hydrogen) atoms. The molecule has 1 aromatic carbocycles. The van der Waals surface area contributed by atoms with Crippen LogP contribution in [0.3, 0.4) is 0 Å². The number of aromatic carboxylic acids is 1. The lowest BCUT2D eigenvalue weighted by Gasteiger charge is -2.06. The van der Waals surface area contributed by atoms with Crippen LogP contribution >= 0.6 is 0 Å². The Hall–Kier alpha value is -2.14. The molecular formula is C14H17NO4. The van der Waals surface area contributed by atoms with Crippen molar-refractivity contribution < 1.29 is 19.4 Å². The molecule has 0 aliphatic carbocycles. The minimum atomic E-state index is -1.06. The van der Waals surface area contributed by atoms with Crippen molar-refractivity contribution in [3.05, 3.63) is 47.5 Å². The number of carbonyl (C=O) groups excluding carboxylic acids is 1. The van der Waals surface area contributed by atoms with E-state index in [1.165, 1.54) is 18.2 Å². The first-order valence-electron chi connectivity index (χ1n) is 5.84. The lowest BCUT2D eigenvalue weighted by atomic mass is 10.1. The van der Waals surface area contributed by atoms with Crippen molar-refractivity contribution in [2.24, 2.45) is 0 Å². The van der Waals surface area contributed by atoms with Crippen LogP contribution in [0.1, 0.15) is 27.6 Å². The van der Waals surface area contributed by atoms with E-state index in [2.05, 4.69) is 11.9 Å². The average molecular weight is 263 g/mol. The van der Waals surface area contributed by atoms with Gasteiger partial charge in [-0.25, -0.2) is 4.79 Å². The van der Waals surface area contributed by atoms with Gasteiger partial charge in [0.05, 0.1) is 18.8 Å². The second kappa shape index (κ2) is 7.33. The summed E-state index contributed by atoms with van der Waals surface area (Å²) in [5, 5.41) is 11.5. The third-order valence-corrected chi connectivity index (χ3v) is 2.25. The highest BCUT2D eigenvalue weighted by molar-refractivity contribution is 5.97. The lowest BCUT2D eigenvalue weighted by Crippen LogP contribution is -2.27. The van der Waals surface area contributed by atoms with Gasteiger partial charge in [0.25, 0.3) is 5.91 Å². The molecule has 0 aliphatic rings. The standard InChI is InChI=1S/C14H17NO4/c1-10(2)9-19-7-6-15-13(16)11-4-3-5-12(8-11)14(17)18/h3-5,8H,1,6-7,9H2,2H3,(H,15,16)(H,17,18). The summed E-state index contributed by atoms with van der Waals surface area (Å²) in [5.41, 5.74) is 1.33. The molecule has 0 bridgehead atoms. The lowest BCUT2D eigenvalue weighted by molar-refractivity contribution is 0.0697. The Morgan fingerprint density at radius 2 is 2.05 bits per heavy atom. The van der Waals surface area contributed by atoms with Crippen molar-refractivity contribution in [1.29, 1.82) is 0 Å². The minimum absolute atomic E-state index is 0.0891. The van der Waals surface area contributed by atoms with Crippen LogP contribution in [0, 0.1) is 0 Å². The summed E-state index contributed by atoms with van der Waals surface area (Å²) in [6.07, 6.45) is 0. The number of carbonyl (C=O) groups is 2. The molecule has 0 spiro atoms. The quantitative estimate of drug-likeness (QED) is 0.580. The van der Waals surface area contributed by atoms with E-state index in [0.29, 0.717) is 25.3 Å². The Kier molecular flexibility index (Phi) is 5.75. The molecule has 1 amide bonds. The molecule has 0 aromatic heterocycles. The molecule has 0 fully saturated rings. The van der Waals surface area contributed by atoms with Gasteiger partial charge in [0.2, 0.25) is 0 Å². The summed E-state index contributed by atoms with van der Waals surface area (Å²) >= 11 is 0. The van der Waals surface area contributed by atoms with E-state index >= 15 is 0 Å². The zero-order valence-electron chi connectivity index (χ0n) is 10.8. The number of carboxylic acid groups (broad SMARTS) is 1. The molecular weight excluding hydrogens is 246 g/mol. The predicted molar refractivity (Wildman–Crippen MR) is 71.4 cm³/mol. The molecule has 0 aliphatic heterocycles. The summed E-state index contributed by atoms with van der Waals surface area (Å²) in [5.74, 6) is -1.37. The van der Waals surface area contributed by atoms with E-state index in [9.17, 15) is 9.59 Å². The maximum Gasteiger partial charge on any atom is 0.335 e. The molecule has 0 saturated heterocycles. The van der Waals surface area contributed by atoms with Crippen LogP contribution in [-0.4, -0.2) is 36.7 Å². The van der Waals surface area contributed by atoms with Crippen LogP contribution in [0.2, 0.25) is 0 Å². The SMILES string of the molecule is C=C(C)COCCNC(=O)c1cccc(C(=O)O)c1. The Morgan fingerprint density at radius 1 is 1.37 bits per heavy atom. The van der Waals surface area contributed by atoms with E-state index in [-0.39, 0.29) is 11.5 Å². The first kappa shape index (κ1) is 14.9. The number of nitrogens with one attached hydrogen (secondary N) is 1. The topological polar surface area (TPSA) is 75.6 Å². The fourth-order valence-electron chi connectivity index (χ4n) is 1.38. The smallest absolute Gasteiger partial charge is 0.335 e. The van der Waals surface area contributed by atoms with Crippen LogP contribution in [0.5, 0.6) is 0 Å². The monoisotopic (exact) mass is 263 g/mol. The van der Waals surface area contributed by atoms with Gasteiger partial charge in [0, 0.05) is 12.1 Å². The number of ether oxygens (including phenoxy) is 1. The zero-order valence-corrected chi connectivity index (χ0v) is 10.8. The Bertz CT molecular complexity index is 482. The van der Waals surface area contributed by atoms with Crippen molar-refractivity contribution in [2.75, 3.05) is 19.8 Å². The molecule has 0 radical (unpaired) electrons. The van der Waals surface area contributed by atoms with Crippen molar-refractivity contribution >= 4 is 11.9 Å². The van der Waals surface area contributed by atoms with Crippen LogP contribution in [0.25, 0.3) is 0 Å². The van der Waals surface area contributed by atoms with E-state index in [1.807, 2.05) is 6.92 Å². The first-order valence-corrected chi connectivity index (χ1v) is 5.84. The van der Waals surface area contributed by atoms with Crippen molar-refractivity contribution in [1.82, 2.24) is 5.32 Å². The molecule has 0 atom stereocenters. The maximum absolute atomic E-state index is 11.7. The van der Waals surface area contributed by atoms with Gasteiger partial charge >= 0.3 is 5.97 Å². The fraction of sp³-hybridized carbons (Fsp3) is 0.286. The Labute approximate surface area is 111 Å². The van der Waals surface area contributed by atoms with Gasteiger partial charge in [-0.3, -0.25) is 4.79 Å². The summed E-state index contributed by atoms with van der Waals surface area (Å²) in [6.45, 7) is 6.76. The number of hydrogen-bond acceptors (Lipinski definition) is 3. The highest BCUT2D eigenvalue weighted by atomic mass is 16.5. The van der Waals surface area contributed by atoms with Gasteiger partial charge in [0.15, 0.2) is 0 Å². The minimum Gasteiger partial charge on any atom is -0.478 e. The molecule has 1 rings (SSSR count). The van der Waals surface area contributed by atoms with E-state index in [1.54, 1.807) is 6.07 Å². The zero-order chi connectivity index (χ0) is 14.3. The average Bonchev–Trinajstić information content (AvgIpc) is 2.37. The summed E-state index contributed by atoms with van der Waals surface area (Å²) in [7, 11) is 0. The van der Waals surface area contributed by atoms with Crippen LogP contribution in [-0.2, 0) is 4.74 Å². The van der Waals surface area contributed by atoms with Gasteiger partial charge in [-0.2, -0.15) is 0 Å². The molecule has 2 N–H and O–H groups in total. The van der Waals surface area contributed by atoms with Crippen LogP contribution in [0.4, 0.5) is 0 Å². The van der Waals surface area contributed by atoms with E-state index in [0.717, 1.165) is 5.57 Å². The highest BCUT2D eigenvalue weighted by Gasteiger charge is 2.08. The van der Waals surface area contributed by atoms with Gasteiger partial charge in [-0.05, 0) is 25.1 Å². The molecule has 0 unspecified atom stereocenters. The van der Waals surface area contributed by atoms with Gasteiger partial charge < -0.3 is 15.2 Å². The normalized spacial score (nSPS) is 9.95. The summed E-state index contributed by atoms with van der Waals surface area (Å²) in [6, 6.07) is 5.88. The highest BCUT2D eigenvalue weighted by Crippen LogP contribution is 2.05. The second-order valence-electron chi connectivity index (χ2n) is 4.15. The Morgan fingerprint density at radius 3 is 2.68 bits per heavy atom. The summed E-state index contributed by atoms with van der Waals surface area (Å²) in [4.78, 5) is 22.5. The van der Waals surface area contributed by atoms with Crippen LogP contribution < -0.4 is 5.32 Å². The number of hydrogen-bond donors (Lipinski definition) is 2. The van der Waals surface area contributed by atoms with Crippen molar-refractivity contribution in [3.8, 4) is 0 Å². The van der Waals surface area contributed by atoms with E-state index < -0.39 is 5.97 Å².